The van der Waals surface area contributed by atoms with Crippen molar-refractivity contribution >= 4 is 35.1 Å². The molecule has 468 valence electrons. The van der Waals surface area contributed by atoms with Crippen LogP contribution in [0, 0.1) is 35.0 Å². The normalized spacial score (nSPS) is 32.1. The third kappa shape index (κ3) is 9.03. The summed E-state index contributed by atoms with van der Waals surface area (Å²) in [5, 5.41) is 42.7. The molecule has 6 bridgehead atoms. The van der Waals surface area contributed by atoms with Gasteiger partial charge < -0.3 is 43.8 Å². The first-order chi connectivity index (χ1) is 44.5. The van der Waals surface area contributed by atoms with Gasteiger partial charge in [0, 0.05) is 70.5 Å². The number of aryl methyl sites for hydroxylation is 2. The Kier molecular flexibility index (Phi) is 14.8. The monoisotopic (exact) mass is 1220 g/mol. The van der Waals surface area contributed by atoms with Crippen molar-refractivity contribution in [2.75, 3.05) is 26.6 Å². The van der Waals surface area contributed by atoms with E-state index >= 15 is 9.59 Å². The molecule has 2 fully saturated rings. The summed E-state index contributed by atoms with van der Waals surface area (Å²) in [6.07, 6.45) is 25.8. The zero-order valence-electron chi connectivity index (χ0n) is 51.7. The highest BCUT2D eigenvalue weighted by atomic mass is 16.6. The van der Waals surface area contributed by atoms with Gasteiger partial charge in [-0.1, -0.05) is 140 Å². The lowest BCUT2D eigenvalue weighted by molar-refractivity contribution is -0.210. The van der Waals surface area contributed by atoms with Gasteiger partial charge >= 0.3 is 17.6 Å². The fourth-order valence-electron chi connectivity index (χ4n) is 20.3. The third-order valence-corrected chi connectivity index (χ3v) is 24.2. The van der Waals surface area contributed by atoms with Crippen LogP contribution in [0.2, 0.25) is 0 Å². The van der Waals surface area contributed by atoms with Crippen molar-refractivity contribution in [2.45, 2.75) is 150 Å². The maximum atomic E-state index is 16.2. The summed E-state index contributed by atoms with van der Waals surface area (Å²) in [7, 11) is 0. The van der Waals surface area contributed by atoms with Crippen LogP contribution >= 0.6 is 0 Å². The van der Waals surface area contributed by atoms with Gasteiger partial charge in [0.25, 0.3) is 0 Å². The number of carbonyl (C=O) groups excluding carboxylic acids is 2. The van der Waals surface area contributed by atoms with Crippen molar-refractivity contribution in [1.82, 2.24) is 0 Å². The first kappa shape index (κ1) is 58.6. The van der Waals surface area contributed by atoms with Crippen molar-refractivity contribution in [2.24, 2.45) is 35.0 Å². The minimum atomic E-state index is -1.42. The maximum absolute atomic E-state index is 16.2. The Morgan fingerprint density at radius 2 is 1.62 bits per heavy atom. The number of aliphatic hydroxyl groups is 4. The summed E-state index contributed by atoms with van der Waals surface area (Å²) in [5.74, 6) is -1.39. The van der Waals surface area contributed by atoms with Gasteiger partial charge in [-0.3, -0.25) is 4.79 Å². The fraction of sp³-hybridized carbons (Fsp3) is 0.430. The van der Waals surface area contributed by atoms with Gasteiger partial charge in [0.15, 0.2) is 17.8 Å². The topological polar surface area (TPSA) is 182 Å². The number of aliphatic hydroxyl groups excluding tert-OH is 4. The van der Waals surface area contributed by atoms with Gasteiger partial charge in [-0.25, -0.2) is 9.59 Å². The third-order valence-electron chi connectivity index (χ3n) is 24.2. The van der Waals surface area contributed by atoms with Crippen LogP contribution in [0.25, 0.3) is 23.1 Å². The molecule has 12 nitrogen and oxygen atoms in total. The first-order valence-electron chi connectivity index (χ1n) is 33.6. The molecule has 16 rings (SSSR count). The second kappa shape index (κ2) is 23.0. The molecule has 10 aliphatic rings. The zero-order valence-corrected chi connectivity index (χ0v) is 51.7. The van der Waals surface area contributed by atoms with E-state index in [4.69, 9.17) is 23.4 Å². The molecule has 5 aromatic carbocycles. The summed E-state index contributed by atoms with van der Waals surface area (Å²) < 4.78 is 34.3. The van der Waals surface area contributed by atoms with E-state index in [1.54, 1.807) is 19.1 Å². The van der Waals surface area contributed by atoms with Crippen molar-refractivity contribution in [3.63, 3.8) is 0 Å². The van der Waals surface area contributed by atoms with E-state index in [0.29, 0.717) is 53.4 Å². The van der Waals surface area contributed by atoms with E-state index in [1.165, 1.54) is 51.8 Å². The molecule has 4 N–H and O–H groups in total. The van der Waals surface area contributed by atoms with Crippen molar-refractivity contribution < 1.29 is 53.4 Å². The number of hydrogen-bond acceptors (Lipinski definition) is 12. The molecule has 3 aliphatic heterocycles. The van der Waals surface area contributed by atoms with Crippen LogP contribution in [-0.4, -0.2) is 70.7 Å². The number of fused-ring (bicyclic) bond motifs is 13. The number of benzene rings is 5. The van der Waals surface area contributed by atoms with E-state index in [-0.39, 0.29) is 109 Å². The predicted octanol–water partition coefficient (Wildman–Crippen LogP) is 13.1. The minimum Gasteiger partial charge on any atom is -0.482 e. The molecule has 6 aromatic rings. The number of carbonyl (C=O) groups is 2. The number of allylic oxidation sites excluding steroid dienone is 5. The van der Waals surface area contributed by atoms with Gasteiger partial charge in [0.1, 0.15) is 18.1 Å². The standard InChI is InChI=1S/C79H80O12/c1-45(41-81)56-25-20-46-17-18-50-37-49(46)31-35-77-33-8-34-78(68(77)40-62-58-13-4-2-9-47(58)22-29-65(62)77)74(90-75(56)85)73(71-67(91-78)30-28-61-63(42-82)70(76(86)89-72(61)71)52(32-36-80)43-87-44-83)88-69(84)39-53-38-51(21-26-57(50)53)59-14-7-16-66-60(59)27-24-55-12-6-11-54-23-19-48-10-3-5-15-64(48)79(54,55)66/h2-5,7-10,13-19,21-23,26,28-30,33,37,51-55,57,62,65,68,73-74,80-83H,6,11-12,20,24-25,27,31-32,34-36,38-44H2,1H3. The molecule has 0 saturated heterocycles. The van der Waals surface area contributed by atoms with Crippen molar-refractivity contribution in [3.05, 3.63) is 227 Å². The van der Waals surface area contributed by atoms with E-state index < -0.39 is 60.1 Å². The Labute approximate surface area is 531 Å². The molecule has 2 spiro atoms. The molecule has 1 aromatic heterocycles. The molecule has 12 heteroatoms. The average molecular weight is 1220 g/mol. The molecule has 91 heavy (non-hydrogen) atoms. The molecule has 7 aliphatic carbocycles. The number of rotatable bonds is 9. The van der Waals surface area contributed by atoms with Crippen LogP contribution < -0.4 is 10.4 Å². The largest absolute Gasteiger partial charge is 0.482 e. The number of esters is 2. The summed E-state index contributed by atoms with van der Waals surface area (Å²) in [4.78, 5) is 46.9. The number of ether oxygens (including phenoxy) is 4. The molecular weight excluding hydrogens is 1140 g/mol. The summed E-state index contributed by atoms with van der Waals surface area (Å²) >= 11 is 0. The Morgan fingerprint density at radius 3 is 2.47 bits per heavy atom. The van der Waals surface area contributed by atoms with Crippen molar-refractivity contribution in [3.8, 4) is 5.75 Å². The van der Waals surface area contributed by atoms with Crippen LogP contribution in [0.4, 0.5) is 0 Å². The first-order valence-corrected chi connectivity index (χ1v) is 33.6. The van der Waals surface area contributed by atoms with Crippen LogP contribution in [0.5, 0.6) is 5.75 Å². The summed E-state index contributed by atoms with van der Waals surface area (Å²) in [6, 6.07) is 35.1. The quantitative estimate of drug-likeness (QED) is 0.0354. The van der Waals surface area contributed by atoms with Gasteiger partial charge in [0.05, 0.1) is 25.4 Å². The maximum Gasteiger partial charge on any atom is 0.340 e. The zero-order chi connectivity index (χ0) is 61.9. The summed E-state index contributed by atoms with van der Waals surface area (Å²) in [6.45, 7) is -0.311. The molecule has 0 radical (unpaired) electrons. The number of hydrogen-bond donors (Lipinski definition) is 4. The molecule has 4 heterocycles. The predicted molar refractivity (Wildman–Crippen MR) is 346 cm³/mol. The molecule has 14 atom stereocenters. The molecule has 2 saturated carbocycles. The second-order valence-electron chi connectivity index (χ2n) is 28.0. The van der Waals surface area contributed by atoms with Gasteiger partial charge in [0.2, 0.25) is 0 Å². The molecule has 14 unspecified atom stereocenters. The molecular formula is C79H80O12. The highest BCUT2D eigenvalue weighted by Gasteiger charge is 2.69. The van der Waals surface area contributed by atoms with Crippen LogP contribution in [0.1, 0.15) is 180 Å². The van der Waals surface area contributed by atoms with E-state index in [9.17, 15) is 25.2 Å². The lowest BCUT2D eigenvalue weighted by atomic mass is 9.48. The average Bonchev–Trinajstić information content (AvgIpc) is 1.68. The van der Waals surface area contributed by atoms with Crippen LogP contribution in [-0.2, 0) is 55.1 Å². The Morgan fingerprint density at radius 1 is 0.780 bits per heavy atom. The summed E-state index contributed by atoms with van der Waals surface area (Å²) in [5.41, 5.74) is 11.3. The van der Waals surface area contributed by atoms with Crippen LogP contribution in [0.15, 0.2) is 154 Å². The fourth-order valence-corrected chi connectivity index (χ4v) is 20.3. The van der Waals surface area contributed by atoms with Crippen LogP contribution in [0.3, 0.4) is 0 Å². The van der Waals surface area contributed by atoms with Gasteiger partial charge in [-0.05, 0) is 186 Å². The van der Waals surface area contributed by atoms with Crippen molar-refractivity contribution in [1.29, 1.82) is 0 Å². The lowest BCUT2D eigenvalue weighted by Crippen LogP contribution is -2.64. The van der Waals surface area contributed by atoms with E-state index in [2.05, 4.69) is 134 Å². The smallest absolute Gasteiger partial charge is 0.340 e. The van der Waals surface area contributed by atoms with E-state index in [0.717, 1.165) is 48.8 Å². The van der Waals surface area contributed by atoms with Gasteiger partial charge in [-0.2, -0.15) is 0 Å². The lowest BCUT2D eigenvalue weighted by Gasteiger charge is -2.56. The highest BCUT2D eigenvalue weighted by molar-refractivity contribution is 5.91. The Hall–Kier alpha value is -7.45. The highest BCUT2D eigenvalue weighted by Crippen LogP contribution is 2.69. The Balaban J connectivity index is 0.902. The molecule has 0 amide bonds. The SMILES string of the molecule is CC(CO)=C1CCc2ccc3cc2CCC24C=CCC5(Oc6ccc7c(CO)c(C(CCO)COCO)c(=O)oc7c6C(OC(=O)CC6CC(c7cccc8c7CCC7CCCC9C=Cc%10ccccc%10C897)C=CC36)C5OC1=O)C2CC1c2ccccc2C=CC14. The second-order valence-corrected chi connectivity index (χ2v) is 28.0. The minimum absolute atomic E-state index is 0.00640. The van der Waals surface area contributed by atoms with Gasteiger partial charge in [-0.15, -0.1) is 0 Å². The Bertz CT molecular complexity index is 4160. The van der Waals surface area contributed by atoms with E-state index in [1.807, 2.05) is 0 Å².